The molecular formula is C43H55FN8O7. The lowest BCUT2D eigenvalue weighted by Gasteiger charge is -2.39. The number of alkyl halides is 1. The predicted molar refractivity (Wildman–Crippen MR) is 218 cm³/mol. The first-order valence-corrected chi connectivity index (χ1v) is 20.2. The minimum atomic E-state index is -1.29. The third-order valence-electron chi connectivity index (χ3n) is 11.4. The number of rotatable bonds is 9. The van der Waals surface area contributed by atoms with Gasteiger partial charge in [0.15, 0.2) is 0 Å². The highest BCUT2D eigenvalue weighted by Crippen LogP contribution is 2.43. The Bertz CT molecular complexity index is 2070. The Morgan fingerprint density at radius 3 is 2.10 bits per heavy atom. The van der Waals surface area contributed by atoms with Gasteiger partial charge in [0, 0.05) is 19.6 Å². The molecule has 2 aliphatic rings. The van der Waals surface area contributed by atoms with Crippen molar-refractivity contribution in [3.8, 4) is 33.6 Å². The molecule has 316 valence electrons. The summed E-state index contributed by atoms with van der Waals surface area (Å²) in [6.07, 6.45) is 4.32. The number of nitrogens with one attached hydrogen (secondary N) is 5. The Labute approximate surface area is 343 Å². The van der Waals surface area contributed by atoms with Gasteiger partial charge in [0.2, 0.25) is 11.8 Å². The van der Waals surface area contributed by atoms with Gasteiger partial charge in [-0.1, -0.05) is 75.2 Å². The van der Waals surface area contributed by atoms with Gasteiger partial charge in [-0.3, -0.25) is 9.59 Å². The number of amides is 4. The van der Waals surface area contributed by atoms with Crippen molar-refractivity contribution in [2.45, 2.75) is 102 Å². The number of benzene rings is 2. The molecule has 2 fully saturated rings. The Balaban J connectivity index is 1.14. The van der Waals surface area contributed by atoms with E-state index in [0.717, 1.165) is 47.2 Å². The van der Waals surface area contributed by atoms with Gasteiger partial charge in [-0.15, -0.1) is 0 Å². The number of aromatic amines is 2. The Morgan fingerprint density at radius 2 is 1.47 bits per heavy atom. The van der Waals surface area contributed by atoms with Crippen LogP contribution in [0.25, 0.3) is 33.6 Å². The zero-order valence-corrected chi connectivity index (χ0v) is 34.5. The second-order valence-corrected chi connectivity index (χ2v) is 15.8. The van der Waals surface area contributed by atoms with Crippen LogP contribution in [0.3, 0.4) is 0 Å². The van der Waals surface area contributed by atoms with Crippen LogP contribution in [0.1, 0.15) is 83.9 Å². The molecule has 2 saturated heterocycles. The SMILES string of the molecule is COC(=O)N[C@H]1CCCCCOCC[C@@H](c2ncc(-c3ccc(-c4ccc(-c5cnc([C@]6(C)C[C@@H](F)[C@@H](C)N6C(=O)[C@@H](NC(=O)OC)C(C)C)[nH]5)cc4)cc3)[nH]2)NC1=O. The Kier molecular flexibility index (Phi) is 13.7. The number of methoxy groups -OCH3 is 2. The summed E-state index contributed by atoms with van der Waals surface area (Å²) >= 11 is 0. The first kappa shape index (κ1) is 42.8. The molecule has 6 rings (SSSR count). The van der Waals surface area contributed by atoms with Crippen molar-refractivity contribution in [1.29, 1.82) is 0 Å². The fraction of sp³-hybridized carbons (Fsp3) is 0.488. The van der Waals surface area contributed by atoms with Crippen molar-refractivity contribution in [2.75, 3.05) is 27.4 Å². The van der Waals surface area contributed by atoms with Crippen LogP contribution >= 0.6 is 0 Å². The molecule has 15 nitrogen and oxygen atoms in total. The van der Waals surface area contributed by atoms with Crippen LogP contribution < -0.4 is 16.0 Å². The van der Waals surface area contributed by atoms with Gasteiger partial charge < -0.3 is 45.0 Å². The molecule has 16 heteroatoms. The van der Waals surface area contributed by atoms with Crippen molar-refractivity contribution in [3.05, 3.63) is 72.6 Å². The summed E-state index contributed by atoms with van der Waals surface area (Å²) in [5.74, 6) is 0.0675. The molecule has 0 spiro atoms. The monoisotopic (exact) mass is 814 g/mol. The summed E-state index contributed by atoms with van der Waals surface area (Å²) in [6.45, 7) is 8.17. The van der Waals surface area contributed by atoms with E-state index in [-0.39, 0.29) is 18.2 Å². The summed E-state index contributed by atoms with van der Waals surface area (Å²) in [4.78, 5) is 68.8. The van der Waals surface area contributed by atoms with Crippen molar-refractivity contribution in [3.63, 3.8) is 0 Å². The van der Waals surface area contributed by atoms with Crippen LogP contribution in [0.5, 0.6) is 0 Å². The van der Waals surface area contributed by atoms with Crippen molar-refractivity contribution in [2.24, 2.45) is 5.92 Å². The van der Waals surface area contributed by atoms with Gasteiger partial charge in [0.05, 0.1) is 50.1 Å². The zero-order valence-electron chi connectivity index (χ0n) is 34.5. The topological polar surface area (TPSA) is 193 Å². The summed E-state index contributed by atoms with van der Waals surface area (Å²) in [6, 6.07) is 13.2. The number of aromatic nitrogens is 4. The smallest absolute Gasteiger partial charge is 0.407 e. The maximum absolute atomic E-state index is 15.4. The molecule has 2 aromatic carbocycles. The number of hydrogen-bond acceptors (Lipinski definition) is 9. The molecule has 0 bridgehead atoms. The molecule has 4 amide bonds. The maximum atomic E-state index is 15.4. The van der Waals surface area contributed by atoms with Crippen LogP contribution in [-0.4, -0.2) is 101 Å². The lowest BCUT2D eigenvalue weighted by Crippen LogP contribution is -2.57. The largest absolute Gasteiger partial charge is 0.453 e. The molecule has 4 aromatic rings. The van der Waals surface area contributed by atoms with Gasteiger partial charge >= 0.3 is 12.2 Å². The number of ether oxygens (including phenoxy) is 3. The second-order valence-electron chi connectivity index (χ2n) is 15.8. The number of hydrogen-bond donors (Lipinski definition) is 5. The number of nitrogens with zero attached hydrogens (tertiary/aromatic N) is 3. The molecule has 6 atom stereocenters. The molecule has 5 N–H and O–H groups in total. The molecule has 0 unspecified atom stereocenters. The number of carbonyl (C=O) groups is 4. The van der Waals surface area contributed by atoms with Crippen LogP contribution in [-0.2, 0) is 29.3 Å². The third kappa shape index (κ3) is 9.75. The fourth-order valence-corrected chi connectivity index (χ4v) is 7.90. The lowest BCUT2D eigenvalue weighted by molar-refractivity contribution is -0.141. The molecule has 59 heavy (non-hydrogen) atoms. The van der Waals surface area contributed by atoms with Gasteiger partial charge in [-0.05, 0) is 61.3 Å². The molecule has 0 radical (unpaired) electrons. The number of halogens is 1. The zero-order chi connectivity index (χ0) is 42.3. The molecule has 4 heterocycles. The predicted octanol–water partition coefficient (Wildman–Crippen LogP) is 6.55. The summed E-state index contributed by atoms with van der Waals surface area (Å²) < 4.78 is 30.7. The first-order valence-electron chi connectivity index (χ1n) is 20.2. The third-order valence-corrected chi connectivity index (χ3v) is 11.4. The molecule has 0 saturated carbocycles. The standard InChI is InChI=1S/C43H55FN8O7/c1-25(2)36(51-42(56)58-6)39(54)52-26(3)31(44)22-43(52,4)40-46-24-35(49-40)30-17-13-28(14-18-30)27-11-15-29(16-12-27)34-23-45-37(47-34)32-19-21-59-20-9-7-8-10-33(38(53)48-32)50-41(55)57-5/h11-18,23-26,31-33,36H,7-10,19-22H2,1-6H3,(H,45,47)(H,46,49)(H,48,53)(H,50,55)(H,51,56)/t26-,31-,32+,33+,36+,43+/m1/s1. The average Bonchev–Trinajstić information content (AvgIpc) is 3.98. The van der Waals surface area contributed by atoms with Crippen LogP contribution in [0.2, 0.25) is 0 Å². The van der Waals surface area contributed by atoms with E-state index in [1.165, 1.54) is 19.1 Å². The molecular weight excluding hydrogens is 760 g/mol. The summed E-state index contributed by atoms with van der Waals surface area (Å²) in [5, 5.41) is 8.33. The minimum Gasteiger partial charge on any atom is -0.453 e. The Hall–Kier alpha value is -5.77. The van der Waals surface area contributed by atoms with Gasteiger partial charge in [-0.2, -0.15) is 0 Å². The summed E-state index contributed by atoms with van der Waals surface area (Å²) in [5.41, 5.74) is 4.17. The highest BCUT2D eigenvalue weighted by Gasteiger charge is 2.54. The number of H-pyrrole nitrogens is 2. The molecule has 2 aromatic heterocycles. The second kappa shape index (κ2) is 18.9. The van der Waals surface area contributed by atoms with Crippen LogP contribution in [0.4, 0.5) is 14.0 Å². The van der Waals surface area contributed by atoms with E-state index in [4.69, 9.17) is 14.2 Å². The number of carbonyl (C=O) groups excluding carboxylic acids is 4. The van der Waals surface area contributed by atoms with Gasteiger partial charge in [-0.25, -0.2) is 23.9 Å². The highest BCUT2D eigenvalue weighted by molar-refractivity contribution is 5.87. The normalized spacial score (nSPS) is 23.4. The maximum Gasteiger partial charge on any atom is 0.407 e. The van der Waals surface area contributed by atoms with Crippen molar-refractivity contribution < 1.29 is 37.8 Å². The number of likely N-dealkylation sites (tertiary alicyclic amines) is 1. The van der Waals surface area contributed by atoms with E-state index in [0.29, 0.717) is 43.4 Å². The number of alkyl carbamates (subject to hydrolysis) is 2. The van der Waals surface area contributed by atoms with E-state index < -0.39 is 54.0 Å². The van der Waals surface area contributed by atoms with E-state index in [1.54, 1.807) is 26.2 Å². The van der Waals surface area contributed by atoms with Crippen molar-refractivity contribution in [1.82, 2.24) is 40.8 Å². The average molecular weight is 815 g/mol. The fourth-order valence-electron chi connectivity index (χ4n) is 7.90. The van der Waals surface area contributed by atoms with E-state index in [2.05, 4.69) is 35.9 Å². The van der Waals surface area contributed by atoms with E-state index >= 15 is 4.39 Å². The van der Waals surface area contributed by atoms with Crippen molar-refractivity contribution >= 4 is 24.0 Å². The quantitative estimate of drug-likeness (QED) is 0.125. The minimum absolute atomic E-state index is 0.0490. The van der Waals surface area contributed by atoms with Gasteiger partial charge in [0.25, 0.3) is 0 Å². The Morgan fingerprint density at radius 1 is 0.864 bits per heavy atom. The van der Waals surface area contributed by atoms with E-state index in [9.17, 15) is 19.2 Å². The van der Waals surface area contributed by atoms with Crippen LogP contribution in [0.15, 0.2) is 60.9 Å². The summed E-state index contributed by atoms with van der Waals surface area (Å²) in [7, 11) is 2.51. The highest BCUT2D eigenvalue weighted by atomic mass is 19.1. The molecule has 0 aliphatic carbocycles. The number of imidazole rings is 2. The van der Waals surface area contributed by atoms with E-state index in [1.807, 2.05) is 62.4 Å². The van der Waals surface area contributed by atoms with Crippen LogP contribution in [0, 0.1) is 5.92 Å². The first-order chi connectivity index (χ1) is 28.3. The lowest BCUT2D eigenvalue weighted by atomic mass is 9.95. The molecule has 2 aliphatic heterocycles. The van der Waals surface area contributed by atoms with Gasteiger partial charge in [0.1, 0.15) is 35.4 Å².